The van der Waals surface area contributed by atoms with Crippen LogP contribution in [0.5, 0.6) is 0 Å². The second-order valence-electron chi connectivity index (χ2n) is 4.55. The smallest absolute Gasteiger partial charge is 0.245 e. The molecule has 0 saturated carbocycles. The summed E-state index contributed by atoms with van der Waals surface area (Å²) in [6.45, 7) is 2.47. The number of carbonyl (C=O) groups is 2. The molecule has 0 bridgehead atoms. The number of Topliss-reactive ketones (excluding diaryl/α,β-unsaturated/α-hetero) is 1. The van der Waals surface area contributed by atoms with Crippen LogP contribution in [0, 0.1) is 23.1 Å². The number of amides is 1. The van der Waals surface area contributed by atoms with Crippen molar-refractivity contribution in [2.45, 2.75) is 26.2 Å². The maximum absolute atomic E-state index is 13.0. The normalized spacial score (nSPS) is 11.5. The molecular formula is C15H16BrFN2O2. The minimum atomic E-state index is -1.42. The third kappa shape index (κ3) is 4.94. The molecule has 0 radical (unpaired) electrons. The average molecular weight is 355 g/mol. The van der Waals surface area contributed by atoms with Gasteiger partial charge in [0, 0.05) is 16.6 Å². The highest BCUT2D eigenvalue weighted by atomic mass is 79.9. The molecule has 1 atom stereocenters. The van der Waals surface area contributed by atoms with Crippen LogP contribution in [0.25, 0.3) is 0 Å². The third-order valence-electron chi connectivity index (χ3n) is 2.93. The quantitative estimate of drug-likeness (QED) is 0.464. The lowest BCUT2D eigenvalue weighted by Gasteiger charge is -2.10. The van der Waals surface area contributed by atoms with E-state index < -0.39 is 23.4 Å². The van der Waals surface area contributed by atoms with Gasteiger partial charge in [-0.2, -0.15) is 5.26 Å². The van der Waals surface area contributed by atoms with Crippen LogP contribution in [0.1, 0.15) is 36.5 Å². The van der Waals surface area contributed by atoms with Crippen molar-refractivity contribution in [1.29, 1.82) is 5.26 Å². The fraction of sp³-hybridized carbons (Fsp3) is 0.400. The molecule has 1 unspecified atom stereocenters. The van der Waals surface area contributed by atoms with Crippen LogP contribution in [-0.2, 0) is 4.79 Å². The summed E-state index contributed by atoms with van der Waals surface area (Å²) in [7, 11) is 0. The van der Waals surface area contributed by atoms with E-state index in [0.717, 1.165) is 31.4 Å². The first-order chi connectivity index (χ1) is 10.0. The molecule has 4 nitrogen and oxygen atoms in total. The molecule has 0 spiro atoms. The van der Waals surface area contributed by atoms with Crippen LogP contribution >= 0.6 is 15.9 Å². The number of nitriles is 1. The maximum atomic E-state index is 13.0. The van der Waals surface area contributed by atoms with Gasteiger partial charge >= 0.3 is 0 Å². The summed E-state index contributed by atoms with van der Waals surface area (Å²) in [5.74, 6) is -3.18. The van der Waals surface area contributed by atoms with Gasteiger partial charge in [-0.05, 0) is 40.5 Å². The number of hydrogen-bond donors (Lipinski definition) is 1. The van der Waals surface area contributed by atoms with Crippen LogP contribution in [0.3, 0.4) is 0 Å². The van der Waals surface area contributed by atoms with Crippen molar-refractivity contribution in [2.75, 3.05) is 6.54 Å². The summed E-state index contributed by atoms with van der Waals surface area (Å²) in [5.41, 5.74) is 0.117. The van der Waals surface area contributed by atoms with Gasteiger partial charge in [0.15, 0.2) is 11.7 Å². The van der Waals surface area contributed by atoms with E-state index in [1.165, 1.54) is 6.07 Å². The van der Waals surface area contributed by atoms with E-state index in [1.807, 2.05) is 6.92 Å². The molecular weight excluding hydrogens is 339 g/mol. The SMILES string of the molecule is CCCCCNC(=O)C(C#N)C(=O)c1ccc(F)cc1Br. The molecule has 1 rings (SSSR count). The zero-order chi connectivity index (χ0) is 15.8. The summed E-state index contributed by atoms with van der Waals surface area (Å²) < 4.78 is 13.2. The van der Waals surface area contributed by atoms with E-state index in [2.05, 4.69) is 21.2 Å². The minimum absolute atomic E-state index is 0.117. The summed E-state index contributed by atoms with van der Waals surface area (Å²) in [4.78, 5) is 24.1. The number of hydrogen-bond acceptors (Lipinski definition) is 3. The van der Waals surface area contributed by atoms with Crippen molar-refractivity contribution in [3.8, 4) is 6.07 Å². The van der Waals surface area contributed by atoms with E-state index in [0.29, 0.717) is 6.54 Å². The molecule has 112 valence electrons. The van der Waals surface area contributed by atoms with Gasteiger partial charge in [-0.1, -0.05) is 19.8 Å². The van der Waals surface area contributed by atoms with Gasteiger partial charge in [0.05, 0.1) is 6.07 Å². The Kier molecular flexibility index (Phi) is 7.03. The van der Waals surface area contributed by atoms with Gasteiger partial charge in [0.1, 0.15) is 5.82 Å². The topological polar surface area (TPSA) is 70.0 Å². The lowest BCUT2D eigenvalue weighted by Crippen LogP contribution is -2.35. The highest BCUT2D eigenvalue weighted by molar-refractivity contribution is 9.10. The second-order valence-corrected chi connectivity index (χ2v) is 5.40. The predicted molar refractivity (Wildman–Crippen MR) is 80.1 cm³/mol. The summed E-state index contributed by atoms with van der Waals surface area (Å²) in [5, 5.41) is 11.6. The molecule has 0 fully saturated rings. The van der Waals surface area contributed by atoms with E-state index >= 15 is 0 Å². The van der Waals surface area contributed by atoms with Crippen LogP contribution in [0.15, 0.2) is 22.7 Å². The Balaban J connectivity index is 2.77. The number of nitrogens with zero attached hydrogens (tertiary/aromatic N) is 1. The summed E-state index contributed by atoms with van der Waals surface area (Å²) in [6.07, 6.45) is 2.78. The molecule has 0 saturated heterocycles. The number of rotatable bonds is 7. The van der Waals surface area contributed by atoms with Crippen LogP contribution in [0.2, 0.25) is 0 Å². The number of nitrogens with one attached hydrogen (secondary N) is 1. The van der Waals surface area contributed by atoms with Crippen LogP contribution < -0.4 is 5.32 Å². The summed E-state index contributed by atoms with van der Waals surface area (Å²) in [6, 6.07) is 5.21. The van der Waals surface area contributed by atoms with Crippen molar-refractivity contribution >= 4 is 27.6 Å². The highest BCUT2D eigenvalue weighted by Gasteiger charge is 2.28. The molecule has 0 aliphatic heterocycles. The average Bonchev–Trinajstić information content (AvgIpc) is 2.44. The number of carbonyl (C=O) groups excluding carboxylic acids is 2. The molecule has 21 heavy (non-hydrogen) atoms. The maximum Gasteiger partial charge on any atom is 0.245 e. The van der Waals surface area contributed by atoms with E-state index in [1.54, 1.807) is 6.07 Å². The Morgan fingerprint density at radius 2 is 2.14 bits per heavy atom. The second kappa shape index (κ2) is 8.53. The van der Waals surface area contributed by atoms with E-state index in [4.69, 9.17) is 5.26 Å². The van der Waals surface area contributed by atoms with Gasteiger partial charge in [-0.3, -0.25) is 9.59 Å². The Bertz CT molecular complexity index is 569. The van der Waals surface area contributed by atoms with Crippen molar-refractivity contribution < 1.29 is 14.0 Å². The first kappa shape index (κ1) is 17.3. The standard InChI is InChI=1S/C15H16BrFN2O2/c1-2-3-4-7-19-15(21)12(9-18)14(20)11-6-5-10(17)8-13(11)16/h5-6,8,12H,2-4,7H2,1H3,(H,19,21). The molecule has 0 aromatic heterocycles. The number of halogens is 2. The molecule has 1 aromatic rings. The molecule has 1 N–H and O–H groups in total. The van der Waals surface area contributed by atoms with Crippen molar-refractivity contribution in [2.24, 2.45) is 5.92 Å². The molecule has 0 aliphatic carbocycles. The van der Waals surface area contributed by atoms with E-state index in [-0.39, 0.29) is 10.0 Å². The van der Waals surface area contributed by atoms with Crippen LogP contribution in [-0.4, -0.2) is 18.2 Å². The Morgan fingerprint density at radius 3 is 2.71 bits per heavy atom. The monoisotopic (exact) mass is 354 g/mol. The fourth-order valence-corrected chi connectivity index (χ4v) is 2.32. The zero-order valence-electron chi connectivity index (χ0n) is 11.7. The molecule has 6 heteroatoms. The zero-order valence-corrected chi connectivity index (χ0v) is 13.2. The first-order valence-electron chi connectivity index (χ1n) is 6.67. The Hall–Kier alpha value is -1.74. The lowest BCUT2D eigenvalue weighted by molar-refractivity contribution is -0.122. The highest BCUT2D eigenvalue weighted by Crippen LogP contribution is 2.21. The van der Waals surface area contributed by atoms with E-state index in [9.17, 15) is 14.0 Å². The predicted octanol–water partition coefficient (Wildman–Crippen LogP) is 3.22. The van der Waals surface area contributed by atoms with Crippen molar-refractivity contribution in [3.05, 3.63) is 34.1 Å². The molecule has 1 amide bonds. The lowest BCUT2D eigenvalue weighted by atomic mass is 9.98. The first-order valence-corrected chi connectivity index (χ1v) is 7.47. The van der Waals surface area contributed by atoms with Gasteiger partial charge < -0.3 is 5.32 Å². The van der Waals surface area contributed by atoms with Gasteiger partial charge in [-0.25, -0.2) is 4.39 Å². The van der Waals surface area contributed by atoms with Gasteiger partial charge in [0.2, 0.25) is 5.91 Å². The minimum Gasteiger partial charge on any atom is -0.355 e. The Labute approximate surface area is 131 Å². The van der Waals surface area contributed by atoms with Crippen molar-refractivity contribution in [1.82, 2.24) is 5.32 Å². The van der Waals surface area contributed by atoms with Crippen LogP contribution in [0.4, 0.5) is 4.39 Å². The third-order valence-corrected chi connectivity index (χ3v) is 3.59. The largest absolute Gasteiger partial charge is 0.355 e. The van der Waals surface area contributed by atoms with Gasteiger partial charge in [0.25, 0.3) is 0 Å². The molecule has 1 aromatic carbocycles. The number of benzene rings is 1. The molecule has 0 aliphatic rings. The molecule has 0 heterocycles. The Morgan fingerprint density at radius 1 is 1.43 bits per heavy atom. The van der Waals surface area contributed by atoms with Crippen molar-refractivity contribution in [3.63, 3.8) is 0 Å². The number of ketones is 1. The number of unbranched alkanes of at least 4 members (excludes halogenated alkanes) is 2. The van der Waals surface area contributed by atoms with Gasteiger partial charge in [-0.15, -0.1) is 0 Å². The summed E-state index contributed by atoms with van der Waals surface area (Å²) >= 11 is 3.07. The fourth-order valence-electron chi connectivity index (χ4n) is 1.77.